The summed E-state index contributed by atoms with van der Waals surface area (Å²) in [6.07, 6.45) is 1.92. The van der Waals surface area contributed by atoms with Crippen molar-refractivity contribution in [3.63, 3.8) is 0 Å². The van der Waals surface area contributed by atoms with Gasteiger partial charge in [-0.2, -0.15) is 0 Å². The molecular weight excluding hydrogens is 196 g/mol. The van der Waals surface area contributed by atoms with Gasteiger partial charge in [-0.1, -0.05) is 0 Å². The van der Waals surface area contributed by atoms with Gasteiger partial charge in [-0.05, 0) is 12.1 Å². The maximum Gasteiger partial charge on any atom is 0.306 e. The molecule has 78 valence electrons. The van der Waals surface area contributed by atoms with Crippen LogP contribution in [0.15, 0.2) is 24.5 Å². The SMILES string of the molecule is O=C(O)CC(O)c1c[nH]c2ncccc12. The van der Waals surface area contributed by atoms with Gasteiger partial charge in [0.25, 0.3) is 0 Å². The number of carbonyl (C=O) groups is 1. The van der Waals surface area contributed by atoms with Crippen molar-refractivity contribution >= 4 is 17.0 Å². The molecule has 1 unspecified atom stereocenters. The largest absolute Gasteiger partial charge is 0.481 e. The Balaban J connectivity index is 2.39. The molecule has 3 N–H and O–H groups in total. The smallest absolute Gasteiger partial charge is 0.306 e. The normalized spacial score (nSPS) is 12.9. The Morgan fingerprint density at radius 1 is 1.60 bits per heavy atom. The molecular formula is C10H10N2O3. The van der Waals surface area contributed by atoms with Crippen molar-refractivity contribution in [3.8, 4) is 0 Å². The fourth-order valence-electron chi connectivity index (χ4n) is 1.53. The number of nitrogens with zero attached hydrogens (tertiary/aromatic N) is 1. The predicted octanol–water partition coefficient (Wildman–Crippen LogP) is 1.07. The van der Waals surface area contributed by atoms with E-state index in [1.165, 1.54) is 0 Å². The van der Waals surface area contributed by atoms with Crippen molar-refractivity contribution in [2.24, 2.45) is 0 Å². The molecule has 0 bridgehead atoms. The van der Waals surface area contributed by atoms with Crippen LogP contribution >= 0.6 is 0 Å². The van der Waals surface area contributed by atoms with Crippen LogP contribution < -0.4 is 0 Å². The Bertz CT molecular complexity index is 492. The minimum Gasteiger partial charge on any atom is -0.481 e. The zero-order valence-electron chi connectivity index (χ0n) is 7.84. The van der Waals surface area contributed by atoms with Crippen LogP contribution in [0.1, 0.15) is 18.1 Å². The lowest BCUT2D eigenvalue weighted by molar-refractivity contribution is -0.139. The summed E-state index contributed by atoms with van der Waals surface area (Å²) in [6, 6.07) is 3.53. The number of carboxylic acids is 1. The third kappa shape index (κ3) is 1.82. The number of nitrogens with one attached hydrogen (secondary N) is 1. The fourth-order valence-corrected chi connectivity index (χ4v) is 1.53. The van der Waals surface area contributed by atoms with E-state index in [1.54, 1.807) is 24.5 Å². The van der Waals surface area contributed by atoms with Gasteiger partial charge in [0, 0.05) is 23.3 Å². The number of carboxylic acid groups (broad SMARTS) is 1. The van der Waals surface area contributed by atoms with Crippen molar-refractivity contribution in [1.29, 1.82) is 0 Å². The van der Waals surface area contributed by atoms with Crippen LogP contribution in [0.25, 0.3) is 11.0 Å². The van der Waals surface area contributed by atoms with Gasteiger partial charge in [0.05, 0.1) is 12.5 Å². The summed E-state index contributed by atoms with van der Waals surface area (Å²) in [5.74, 6) is -1.03. The molecule has 2 aromatic heterocycles. The van der Waals surface area contributed by atoms with Crippen molar-refractivity contribution in [3.05, 3.63) is 30.1 Å². The van der Waals surface area contributed by atoms with E-state index >= 15 is 0 Å². The number of aliphatic hydroxyl groups excluding tert-OH is 1. The zero-order chi connectivity index (χ0) is 10.8. The average Bonchev–Trinajstić information content (AvgIpc) is 2.59. The Labute approximate surface area is 85.4 Å². The highest BCUT2D eigenvalue weighted by Crippen LogP contribution is 2.24. The summed E-state index contributed by atoms with van der Waals surface area (Å²) in [6.45, 7) is 0. The van der Waals surface area contributed by atoms with Gasteiger partial charge in [0.1, 0.15) is 5.65 Å². The Morgan fingerprint density at radius 3 is 3.13 bits per heavy atom. The van der Waals surface area contributed by atoms with E-state index in [9.17, 15) is 9.90 Å². The lowest BCUT2D eigenvalue weighted by atomic mass is 10.1. The minimum atomic E-state index is -1.03. The van der Waals surface area contributed by atoms with Gasteiger partial charge in [-0.25, -0.2) is 4.98 Å². The Morgan fingerprint density at radius 2 is 2.40 bits per heavy atom. The number of fused-ring (bicyclic) bond motifs is 1. The number of H-pyrrole nitrogens is 1. The highest BCUT2D eigenvalue weighted by atomic mass is 16.4. The third-order valence-corrected chi connectivity index (χ3v) is 2.21. The average molecular weight is 206 g/mol. The molecule has 0 saturated heterocycles. The van der Waals surface area contributed by atoms with Crippen LogP contribution in [0.2, 0.25) is 0 Å². The molecule has 1 atom stereocenters. The fraction of sp³-hybridized carbons (Fsp3) is 0.200. The quantitative estimate of drug-likeness (QED) is 0.701. The number of aromatic amines is 1. The molecule has 0 aliphatic heterocycles. The maximum atomic E-state index is 10.5. The zero-order valence-corrected chi connectivity index (χ0v) is 7.84. The van der Waals surface area contributed by atoms with Crippen molar-refractivity contribution in [1.82, 2.24) is 9.97 Å². The maximum absolute atomic E-state index is 10.5. The van der Waals surface area contributed by atoms with Gasteiger partial charge < -0.3 is 15.2 Å². The van der Waals surface area contributed by atoms with E-state index in [4.69, 9.17) is 5.11 Å². The van der Waals surface area contributed by atoms with Crippen LogP contribution in [-0.2, 0) is 4.79 Å². The van der Waals surface area contributed by atoms with E-state index in [1.807, 2.05) is 0 Å². The first-order chi connectivity index (χ1) is 7.18. The van der Waals surface area contributed by atoms with Crippen molar-refractivity contribution in [2.75, 3.05) is 0 Å². The number of hydrogen-bond acceptors (Lipinski definition) is 3. The molecule has 15 heavy (non-hydrogen) atoms. The van der Waals surface area contributed by atoms with Gasteiger partial charge in [0.2, 0.25) is 0 Å². The van der Waals surface area contributed by atoms with Gasteiger partial charge in [-0.3, -0.25) is 4.79 Å². The monoisotopic (exact) mass is 206 g/mol. The van der Waals surface area contributed by atoms with Gasteiger partial charge in [-0.15, -0.1) is 0 Å². The van der Waals surface area contributed by atoms with E-state index < -0.39 is 12.1 Å². The molecule has 2 aromatic rings. The van der Waals surface area contributed by atoms with E-state index in [0.29, 0.717) is 11.2 Å². The summed E-state index contributed by atoms with van der Waals surface area (Å²) in [7, 11) is 0. The number of aliphatic hydroxyl groups is 1. The molecule has 5 heteroatoms. The van der Waals surface area contributed by atoms with Crippen LogP contribution in [0.5, 0.6) is 0 Å². The number of aliphatic carboxylic acids is 1. The molecule has 0 fully saturated rings. The van der Waals surface area contributed by atoms with Crippen LogP contribution in [0, 0.1) is 0 Å². The molecule has 0 aliphatic carbocycles. The molecule has 0 aromatic carbocycles. The van der Waals surface area contributed by atoms with Gasteiger partial charge >= 0.3 is 5.97 Å². The molecule has 2 heterocycles. The van der Waals surface area contributed by atoms with E-state index in [2.05, 4.69) is 9.97 Å². The molecule has 5 nitrogen and oxygen atoms in total. The number of rotatable bonds is 3. The highest BCUT2D eigenvalue weighted by Gasteiger charge is 2.16. The molecule has 0 radical (unpaired) electrons. The predicted molar refractivity (Wildman–Crippen MR) is 53.3 cm³/mol. The Hall–Kier alpha value is -1.88. The summed E-state index contributed by atoms with van der Waals surface area (Å²) >= 11 is 0. The van der Waals surface area contributed by atoms with Crippen LogP contribution in [-0.4, -0.2) is 26.2 Å². The molecule has 0 aliphatic rings. The summed E-state index contributed by atoms with van der Waals surface area (Å²) < 4.78 is 0. The first-order valence-electron chi connectivity index (χ1n) is 4.50. The number of aromatic nitrogens is 2. The molecule has 0 spiro atoms. The van der Waals surface area contributed by atoms with Crippen molar-refractivity contribution < 1.29 is 15.0 Å². The lowest BCUT2D eigenvalue weighted by Crippen LogP contribution is -2.04. The second-order valence-electron chi connectivity index (χ2n) is 3.26. The van der Waals surface area contributed by atoms with Crippen molar-refractivity contribution in [2.45, 2.75) is 12.5 Å². The van der Waals surface area contributed by atoms with Gasteiger partial charge in [0.15, 0.2) is 0 Å². The number of pyridine rings is 1. The second-order valence-corrected chi connectivity index (χ2v) is 3.26. The molecule has 0 amide bonds. The first-order valence-corrected chi connectivity index (χ1v) is 4.50. The summed E-state index contributed by atoms with van der Waals surface area (Å²) in [5, 5.41) is 19.0. The summed E-state index contributed by atoms with van der Waals surface area (Å²) in [5.41, 5.74) is 1.22. The Kier molecular flexibility index (Phi) is 2.39. The standard InChI is InChI=1S/C10H10N2O3/c13-8(4-9(14)15)7-5-12-10-6(7)2-1-3-11-10/h1-3,5,8,13H,4H2,(H,11,12)(H,14,15). The van der Waals surface area contributed by atoms with E-state index in [-0.39, 0.29) is 6.42 Å². The molecule has 2 rings (SSSR count). The summed E-state index contributed by atoms with van der Waals surface area (Å²) in [4.78, 5) is 17.4. The number of hydrogen-bond donors (Lipinski definition) is 3. The first kappa shape index (κ1) is 9.67. The molecule has 0 saturated carbocycles. The minimum absolute atomic E-state index is 0.304. The van der Waals surface area contributed by atoms with E-state index in [0.717, 1.165) is 5.39 Å². The topological polar surface area (TPSA) is 86.2 Å². The second kappa shape index (κ2) is 3.70. The van der Waals surface area contributed by atoms with Crippen LogP contribution in [0.3, 0.4) is 0 Å². The lowest BCUT2D eigenvalue weighted by Gasteiger charge is -2.05. The van der Waals surface area contributed by atoms with Crippen LogP contribution in [0.4, 0.5) is 0 Å². The third-order valence-electron chi connectivity index (χ3n) is 2.21. The highest BCUT2D eigenvalue weighted by molar-refractivity contribution is 5.80.